The third kappa shape index (κ3) is 2.56. The van der Waals surface area contributed by atoms with Gasteiger partial charge in [0.05, 0.1) is 6.10 Å². The van der Waals surface area contributed by atoms with Crippen LogP contribution in [0.2, 0.25) is 0 Å². The Morgan fingerprint density at radius 1 is 1.00 bits per heavy atom. The molecule has 1 heterocycles. The van der Waals surface area contributed by atoms with Gasteiger partial charge in [-0.2, -0.15) is 0 Å². The average molecular weight is 255 g/mol. The average Bonchev–Trinajstić information content (AvgIpc) is 2.36. The van der Waals surface area contributed by atoms with E-state index in [1.54, 1.807) is 19.1 Å². The first-order valence-corrected chi connectivity index (χ1v) is 5.74. The van der Waals surface area contributed by atoms with Crippen LogP contribution in [-0.2, 0) is 4.74 Å². The number of phenols is 1. The van der Waals surface area contributed by atoms with Crippen molar-refractivity contribution in [2.75, 3.05) is 5.32 Å². The van der Waals surface area contributed by atoms with Crippen molar-refractivity contribution < 1.29 is 25.2 Å². The van der Waals surface area contributed by atoms with Crippen LogP contribution in [0.4, 0.5) is 5.69 Å². The van der Waals surface area contributed by atoms with Gasteiger partial charge >= 0.3 is 0 Å². The molecule has 1 saturated heterocycles. The molecule has 18 heavy (non-hydrogen) atoms. The molecule has 1 aromatic rings. The van der Waals surface area contributed by atoms with E-state index in [0.717, 1.165) is 0 Å². The fourth-order valence-electron chi connectivity index (χ4n) is 1.89. The molecule has 5 atom stereocenters. The standard InChI is InChI=1S/C12H17NO5/c1-6-9(15)10(16)11(17)12(18-6)13-7-2-4-8(14)5-3-7/h2-6,9-17H,1H3/t6-,9+,10+,11+,12-/m1/s1. The van der Waals surface area contributed by atoms with Crippen molar-refractivity contribution in [3.05, 3.63) is 24.3 Å². The molecule has 6 nitrogen and oxygen atoms in total. The van der Waals surface area contributed by atoms with Gasteiger partial charge in [-0.3, -0.25) is 0 Å². The molecule has 1 fully saturated rings. The molecule has 0 aromatic heterocycles. The predicted molar refractivity (Wildman–Crippen MR) is 64.1 cm³/mol. The number of rotatable bonds is 2. The van der Waals surface area contributed by atoms with Crippen LogP contribution in [0.5, 0.6) is 5.75 Å². The molecule has 0 bridgehead atoms. The quantitative estimate of drug-likeness (QED) is 0.462. The summed E-state index contributed by atoms with van der Waals surface area (Å²) in [5, 5.41) is 41.0. The van der Waals surface area contributed by atoms with Crippen molar-refractivity contribution in [1.29, 1.82) is 0 Å². The number of phenolic OH excluding ortho intramolecular Hbond substituents is 1. The van der Waals surface area contributed by atoms with Crippen molar-refractivity contribution in [2.24, 2.45) is 0 Å². The lowest BCUT2D eigenvalue weighted by Crippen LogP contribution is -2.58. The molecule has 5 N–H and O–H groups in total. The second-order valence-electron chi connectivity index (χ2n) is 4.42. The van der Waals surface area contributed by atoms with Gasteiger partial charge in [-0.1, -0.05) is 0 Å². The van der Waals surface area contributed by atoms with Crippen molar-refractivity contribution >= 4 is 5.69 Å². The molecular weight excluding hydrogens is 238 g/mol. The zero-order chi connectivity index (χ0) is 13.3. The molecule has 0 aliphatic carbocycles. The number of anilines is 1. The summed E-state index contributed by atoms with van der Waals surface area (Å²) in [5.74, 6) is 0.134. The maximum Gasteiger partial charge on any atom is 0.157 e. The van der Waals surface area contributed by atoms with E-state index in [1.165, 1.54) is 12.1 Å². The number of hydrogen-bond donors (Lipinski definition) is 5. The minimum Gasteiger partial charge on any atom is -0.508 e. The van der Waals surface area contributed by atoms with Crippen LogP contribution in [0.25, 0.3) is 0 Å². The molecule has 1 aliphatic rings. The van der Waals surface area contributed by atoms with Gasteiger partial charge in [0.1, 0.15) is 24.1 Å². The first-order chi connectivity index (χ1) is 8.49. The molecule has 0 spiro atoms. The second-order valence-corrected chi connectivity index (χ2v) is 4.42. The highest BCUT2D eigenvalue weighted by molar-refractivity contribution is 5.46. The Hall–Kier alpha value is -1.34. The Labute approximate surface area is 104 Å². The summed E-state index contributed by atoms with van der Waals surface area (Å²) in [6.45, 7) is 1.62. The normalized spacial score (nSPS) is 36.3. The van der Waals surface area contributed by atoms with Crippen LogP contribution in [-0.4, -0.2) is 51.1 Å². The zero-order valence-corrected chi connectivity index (χ0v) is 9.89. The Morgan fingerprint density at radius 3 is 2.22 bits per heavy atom. The lowest BCUT2D eigenvalue weighted by molar-refractivity contribution is -0.209. The number of hydrogen-bond acceptors (Lipinski definition) is 6. The van der Waals surface area contributed by atoms with E-state index < -0.39 is 30.6 Å². The summed E-state index contributed by atoms with van der Waals surface area (Å²) < 4.78 is 5.38. The minimum atomic E-state index is -1.26. The topological polar surface area (TPSA) is 102 Å². The van der Waals surface area contributed by atoms with E-state index in [4.69, 9.17) is 9.84 Å². The molecule has 0 amide bonds. The second kappa shape index (κ2) is 5.11. The Kier molecular flexibility index (Phi) is 3.72. The largest absolute Gasteiger partial charge is 0.508 e. The minimum absolute atomic E-state index is 0.134. The molecule has 0 saturated carbocycles. The molecule has 6 heteroatoms. The number of aromatic hydroxyl groups is 1. The molecule has 1 aromatic carbocycles. The van der Waals surface area contributed by atoms with Gasteiger partial charge in [0.15, 0.2) is 6.23 Å². The van der Waals surface area contributed by atoms with Crippen molar-refractivity contribution in [2.45, 2.75) is 37.6 Å². The number of ether oxygens (including phenoxy) is 1. The van der Waals surface area contributed by atoms with Crippen LogP contribution < -0.4 is 5.32 Å². The Morgan fingerprint density at radius 2 is 1.61 bits per heavy atom. The fourth-order valence-corrected chi connectivity index (χ4v) is 1.89. The Balaban J connectivity index is 2.06. The van der Waals surface area contributed by atoms with Crippen molar-refractivity contribution in [3.8, 4) is 5.75 Å². The van der Waals surface area contributed by atoms with Crippen LogP contribution in [0.1, 0.15) is 6.92 Å². The van der Waals surface area contributed by atoms with E-state index in [2.05, 4.69) is 5.32 Å². The van der Waals surface area contributed by atoms with E-state index in [0.29, 0.717) is 5.69 Å². The molecule has 0 unspecified atom stereocenters. The van der Waals surface area contributed by atoms with Gasteiger partial charge in [-0.15, -0.1) is 0 Å². The number of nitrogens with one attached hydrogen (secondary N) is 1. The van der Waals surface area contributed by atoms with Crippen molar-refractivity contribution in [3.63, 3.8) is 0 Å². The summed E-state index contributed by atoms with van der Waals surface area (Å²) in [6.07, 6.45) is -5.01. The fraction of sp³-hybridized carbons (Fsp3) is 0.500. The SMILES string of the molecule is C[C@H]1O[C@@H](Nc2ccc(O)cc2)[C@@H](O)[C@@H](O)[C@H]1O. The van der Waals surface area contributed by atoms with Crippen LogP contribution in [0.3, 0.4) is 0 Å². The smallest absolute Gasteiger partial charge is 0.157 e. The molecular formula is C12H17NO5. The summed E-state index contributed by atoms with van der Waals surface area (Å²) in [4.78, 5) is 0. The van der Waals surface area contributed by atoms with Crippen molar-refractivity contribution in [1.82, 2.24) is 0 Å². The molecule has 100 valence electrons. The van der Waals surface area contributed by atoms with Crippen LogP contribution in [0.15, 0.2) is 24.3 Å². The van der Waals surface area contributed by atoms with Gasteiger partial charge in [0.2, 0.25) is 0 Å². The number of aliphatic hydroxyl groups is 3. The van der Waals surface area contributed by atoms with Crippen LogP contribution in [0, 0.1) is 0 Å². The zero-order valence-electron chi connectivity index (χ0n) is 9.89. The summed E-state index contributed by atoms with van der Waals surface area (Å²) in [7, 11) is 0. The maximum absolute atomic E-state index is 9.79. The first-order valence-electron chi connectivity index (χ1n) is 5.74. The third-order valence-electron chi connectivity index (χ3n) is 3.03. The molecule has 1 aliphatic heterocycles. The lowest BCUT2D eigenvalue weighted by Gasteiger charge is -2.39. The van der Waals surface area contributed by atoms with Crippen LogP contribution >= 0.6 is 0 Å². The molecule has 0 radical (unpaired) electrons. The highest BCUT2D eigenvalue weighted by Crippen LogP contribution is 2.23. The molecule has 2 rings (SSSR count). The predicted octanol–water partition coefficient (Wildman–Crippen LogP) is -0.368. The van der Waals surface area contributed by atoms with E-state index in [9.17, 15) is 15.3 Å². The van der Waals surface area contributed by atoms with E-state index in [-0.39, 0.29) is 5.75 Å². The lowest BCUT2D eigenvalue weighted by atomic mass is 9.99. The highest BCUT2D eigenvalue weighted by atomic mass is 16.5. The van der Waals surface area contributed by atoms with Gasteiger partial charge in [-0.05, 0) is 31.2 Å². The summed E-state index contributed by atoms with van der Waals surface area (Å²) in [5.41, 5.74) is 0.632. The van der Waals surface area contributed by atoms with E-state index in [1.807, 2.05) is 0 Å². The summed E-state index contributed by atoms with van der Waals surface area (Å²) in [6, 6.07) is 6.22. The third-order valence-corrected chi connectivity index (χ3v) is 3.03. The van der Waals surface area contributed by atoms with Gasteiger partial charge in [-0.25, -0.2) is 0 Å². The number of aliphatic hydroxyl groups excluding tert-OH is 3. The highest BCUT2D eigenvalue weighted by Gasteiger charge is 2.41. The Bertz CT molecular complexity index is 396. The monoisotopic (exact) mass is 255 g/mol. The first kappa shape index (κ1) is 13.1. The maximum atomic E-state index is 9.79. The van der Waals surface area contributed by atoms with Gasteiger partial charge in [0.25, 0.3) is 0 Å². The number of benzene rings is 1. The van der Waals surface area contributed by atoms with Gasteiger partial charge < -0.3 is 30.5 Å². The summed E-state index contributed by atoms with van der Waals surface area (Å²) >= 11 is 0. The van der Waals surface area contributed by atoms with E-state index >= 15 is 0 Å². The van der Waals surface area contributed by atoms with Gasteiger partial charge in [0, 0.05) is 5.69 Å².